The van der Waals surface area contributed by atoms with Gasteiger partial charge in [0.05, 0.1) is 5.69 Å². The highest BCUT2D eigenvalue weighted by Gasteiger charge is 2.18. The highest BCUT2D eigenvalue weighted by atomic mass is 32.2. The van der Waals surface area contributed by atoms with Crippen molar-refractivity contribution in [2.75, 3.05) is 0 Å². The smallest absolute Gasteiger partial charge is 0.214 e. The number of aromatic nitrogens is 4. The molecular weight excluding hydrogens is 236 g/mol. The Kier molecular flexibility index (Phi) is 3.06. The summed E-state index contributed by atoms with van der Waals surface area (Å²) in [5.41, 5.74) is 0.833. The fraction of sp³-hybridized carbons (Fsp3) is 0.364. The summed E-state index contributed by atoms with van der Waals surface area (Å²) in [6.07, 6.45) is 0. The van der Waals surface area contributed by atoms with Crippen molar-refractivity contribution in [2.45, 2.75) is 30.7 Å². The van der Waals surface area contributed by atoms with Gasteiger partial charge in [0.25, 0.3) is 0 Å². The van der Waals surface area contributed by atoms with E-state index in [1.165, 1.54) is 0 Å². The molecule has 1 N–H and O–H groups in total. The van der Waals surface area contributed by atoms with Gasteiger partial charge in [-0.1, -0.05) is 32.5 Å². The van der Waals surface area contributed by atoms with Crippen molar-refractivity contribution in [1.29, 1.82) is 0 Å². The monoisotopic (exact) mass is 250 g/mol. The van der Waals surface area contributed by atoms with Crippen LogP contribution in [0.4, 0.5) is 0 Å². The first kappa shape index (κ1) is 11.9. The highest BCUT2D eigenvalue weighted by Crippen LogP contribution is 2.30. The predicted octanol–water partition coefficient (Wildman–Crippen LogP) is 2.26. The van der Waals surface area contributed by atoms with E-state index in [1.54, 1.807) is 40.7 Å². The van der Waals surface area contributed by atoms with Crippen LogP contribution in [-0.4, -0.2) is 30.1 Å². The quantitative estimate of drug-likeness (QED) is 0.828. The van der Waals surface area contributed by atoms with Crippen LogP contribution in [0.5, 0.6) is 5.75 Å². The average molecular weight is 250 g/mol. The third-order valence-corrected chi connectivity index (χ3v) is 2.98. The Morgan fingerprint density at radius 1 is 1.18 bits per heavy atom. The lowest BCUT2D eigenvalue weighted by Crippen LogP contribution is -2.10. The maximum Gasteiger partial charge on any atom is 0.214 e. The molecule has 1 aromatic heterocycles. The summed E-state index contributed by atoms with van der Waals surface area (Å²) in [6.45, 7) is 6.31. The minimum Gasteiger partial charge on any atom is -0.508 e. The molecule has 2 aromatic rings. The molecule has 90 valence electrons. The van der Waals surface area contributed by atoms with Gasteiger partial charge in [-0.3, -0.25) is 0 Å². The van der Waals surface area contributed by atoms with Crippen molar-refractivity contribution in [1.82, 2.24) is 20.2 Å². The second kappa shape index (κ2) is 4.37. The Bertz CT molecular complexity index is 501. The van der Waals surface area contributed by atoms with Gasteiger partial charge in [0.2, 0.25) is 5.16 Å². The molecule has 0 aliphatic carbocycles. The minimum absolute atomic E-state index is 0.0450. The van der Waals surface area contributed by atoms with E-state index in [4.69, 9.17) is 0 Å². The molecule has 0 saturated heterocycles. The summed E-state index contributed by atoms with van der Waals surface area (Å²) in [6, 6.07) is 6.78. The van der Waals surface area contributed by atoms with Gasteiger partial charge in [-0.2, -0.15) is 4.68 Å². The number of hydrogen-bond acceptors (Lipinski definition) is 5. The number of benzene rings is 1. The minimum atomic E-state index is 0.0450. The van der Waals surface area contributed by atoms with E-state index in [-0.39, 0.29) is 10.5 Å². The largest absolute Gasteiger partial charge is 0.508 e. The zero-order chi connectivity index (χ0) is 12.5. The van der Waals surface area contributed by atoms with E-state index in [1.807, 2.05) is 0 Å². The van der Waals surface area contributed by atoms with Crippen LogP contribution in [0.25, 0.3) is 5.69 Å². The first-order chi connectivity index (χ1) is 7.96. The number of phenolic OH excluding ortho intramolecular Hbond substituents is 1. The van der Waals surface area contributed by atoms with Crippen LogP contribution in [0.1, 0.15) is 20.8 Å². The predicted molar refractivity (Wildman–Crippen MR) is 66.4 cm³/mol. The van der Waals surface area contributed by atoms with Gasteiger partial charge in [0.15, 0.2) is 0 Å². The third-order valence-electron chi connectivity index (χ3n) is 1.93. The fourth-order valence-electron chi connectivity index (χ4n) is 1.27. The van der Waals surface area contributed by atoms with Crippen molar-refractivity contribution in [3.05, 3.63) is 24.3 Å². The molecule has 0 fully saturated rings. The Balaban J connectivity index is 2.33. The third kappa shape index (κ3) is 2.97. The molecule has 0 unspecified atom stereocenters. The molecule has 0 aliphatic heterocycles. The Morgan fingerprint density at radius 3 is 2.41 bits per heavy atom. The lowest BCUT2D eigenvalue weighted by Gasteiger charge is -2.16. The topological polar surface area (TPSA) is 63.8 Å². The molecular formula is C11H14N4OS. The number of aromatic hydroxyl groups is 1. The summed E-state index contributed by atoms with van der Waals surface area (Å²) in [5, 5.41) is 21.6. The molecule has 0 atom stereocenters. The summed E-state index contributed by atoms with van der Waals surface area (Å²) in [7, 11) is 0. The van der Waals surface area contributed by atoms with Gasteiger partial charge < -0.3 is 5.11 Å². The Labute approximate surface area is 104 Å². The van der Waals surface area contributed by atoms with Crippen LogP contribution in [0.2, 0.25) is 0 Å². The van der Waals surface area contributed by atoms with E-state index in [9.17, 15) is 5.11 Å². The molecule has 0 bridgehead atoms. The Morgan fingerprint density at radius 2 is 1.82 bits per heavy atom. The van der Waals surface area contributed by atoms with E-state index in [2.05, 4.69) is 36.3 Å². The zero-order valence-corrected chi connectivity index (χ0v) is 10.8. The van der Waals surface area contributed by atoms with Gasteiger partial charge in [0, 0.05) is 4.75 Å². The molecule has 1 heterocycles. The number of tetrazole rings is 1. The van der Waals surface area contributed by atoms with Gasteiger partial charge in [0.1, 0.15) is 5.75 Å². The summed E-state index contributed by atoms with van der Waals surface area (Å²) >= 11 is 1.60. The molecule has 6 heteroatoms. The molecule has 0 radical (unpaired) electrons. The first-order valence-electron chi connectivity index (χ1n) is 5.22. The average Bonchev–Trinajstić information content (AvgIpc) is 2.64. The van der Waals surface area contributed by atoms with E-state index < -0.39 is 0 Å². The van der Waals surface area contributed by atoms with Crippen molar-refractivity contribution in [2.24, 2.45) is 0 Å². The zero-order valence-electron chi connectivity index (χ0n) is 9.95. The normalized spacial score (nSPS) is 11.7. The standard InChI is InChI=1S/C11H14N4OS/c1-11(2,3)17-10-12-13-14-15(10)8-4-6-9(16)7-5-8/h4-7,16H,1-3H3. The number of nitrogens with zero attached hydrogens (tertiary/aromatic N) is 4. The molecule has 5 nitrogen and oxygen atoms in total. The van der Waals surface area contributed by atoms with Crippen molar-refractivity contribution < 1.29 is 5.11 Å². The maximum atomic E-state index is 9.24. The summed E-state index contributed by atoms with van der Waals surface area (Å²) < 4.78 is 1.71. The second-order valence-corrected chi connectivity index (χ2v) is 6.40. The van der Waals surface area contributed by atoms with Gasteiger partial charge in [-0.05, 0) is 34.7 Å². The molecule has 17 heavy (non-hydrogen) atoms. The first-order valence-corrected chi connectivity index (χ1v) is 6.04. The highest BCUT2D eigenvalue weighted by molar-refractivity contribution is 8.00. The van der Waals surface area contributed by atoms with E-state index >= 15 is 0 Å². The van der Waals surface area contributed by atoms with Gasteiger partial charge in [-0.15, -0.1) is 5.10 Å². The second-order valence-electron chi connectivity index (χ2n) is 4.60. The van der Waals surface area contributed by atoms with Crippen molar-refractivity contribution in [3.8, 4) is 11.4 Å². The maximum absolute atomic E-state index is 9.24. The molecule has 2 rings (SSSR count). The molecule has 1 aromatic carbocycles. The number of thioether (sulfide) groups is 1. The van der Waals surface area contributed by atoms with Crippen LogP contribution in [-0.2, 0) is 0 Å². The van der Waals surface area contributed by atoms with Crippen LogP contribution < -0.4 is 0 Å². The van der Waals surface area contributed by atoms with Crippen molar-refractivity contribution in [3.63, 3.8) is 0 Å². The summed E-state index contributed by atoms with van der Waals surface area (Å²) in [4.78, 5) is 0. The Hall–Kier alpha value is -1.56. The number of rotatable bonds is 2. The van der Waals surface area contributed by atoms with Crippen LogP contribution in [0.15, 0.2) is 29.4 Å². The van der Waals surface area contributed by atoms with Crippen molar-refractivity contribution >= 4 is 11.8 Å². The molecule has 0 spiro atoms. The van der Waals surface area contributed by atoms with Gasteiger partial charge >= 0.3 is 0 Å². The fourth-order valence-corrected chi connectivity index (χ4v) is 2.13. The molecule has 0 amide bonds. The van der Waals surface area contributed by atoms with E-state index in [0.717, 1.165) is 10.8 Å². The molecule has 0 aliphatic rings. The SMILES string of the molecule is CC(C)(C)Sc1nnnn1-c1ccc(O)cc1. The van der Waals surface area contributed by atoms with Crippen LogP contribution in [0, 0.1) is 0 Å². The lowest BCUT2D eigenvalue weighted by molar-refractivity contribution is 0.475. The van der Waals surface area contributed by atoms with Crippen LogP contribution >= 0.6 is 11.8 Å². The number of hydrogen-bond donors (Lipinski definition) is 1. The number of phenols is 1. The van der Waals surface area contributed by atoms with E-state index in [0.29, 0.717) is 0 Å². The van der Waals surface area contributed by atoms with Crippen LogP contribution in [0.3, 0.4) is 0 Å². The van der Waals surface area contributed by atoms with Gasteiger partial charge in [-0.25, -0.2) is 0 Å². The molecule has 0 saturated carbocycles. The summed E-state index contributed by atoms with van der Waals surface area (Å²) in [5.74, 6) is 0.229. The lowest BCUT2D eigenvalue weighted by atomic mass is 10.3.